The van der Waals surface area contributed by atoms with Crippen LogP contribution >= 0.6 is 0 Å². The fraction of sp³-hybridized carbons (Fsp3) is 0.240. The summed E-state index contributed by atoms with van der Waals surface area (Å²) in [4.78, 5) is 16.9. The summed E-state index contributed by atoms with van der Waals surface area (Å²) in [6, 6.07) is 7.85. The second-order valence-electron chi connectivity index (χ2n) is 8.52. The smallest absolute Gasteiger partial charge is 0.163 e. The minimum Gasteiger partial charge on any atom is -0.382 e. The molecule has 4 aromatic rings. The number of imidazole rings is 1. The van der Waals surface area contributed by atoms with E-state index in [9.17, 15) is 13.2 Å². The zero-order valence-corrected chi connectivity index (χ0v) is 18.6. The molecule has 1 aromatic carbocycles. The lowest BCUT2D eigenvalue weighted by Gasteiger charge is -2.32. The molecule has 3 N–H and O–H groups in total. The number of amidine groups is 1. The van der Waals surface area contributed by atoms with Crippen molar-refractivity contribution in [2.45, 2.75) is 37.6 Å². The van der Waals surface area contributed by atoms with Crippen LogP contribution in [0.4, 0.5) is 13.2 Å². The van der Waals surface area contributed by atoms with Crippen LogP contribution in [0.25, 0.3) is 22.6 Å². The lowest BCUT2D eigenvalue weighted by molar-refractivity contribution is 0.320. The first-order valence-corrected chi connectivity index (χ1v) is 11.2. The predicted octanol–water partition coefficient (Wildman–Crippen LogP) is 5.12. The summed E-state index contributed by atoms with van der Waals surface area (Å²) in [5.41, 5.74) is 7.88. The van der Waals surface area contributed by atoms with Crippen LogP contribution in [0.3, 0.4) is 0 Å². The van der Waals surface area contributed by atoms with Crippen LogP contribution in [0, 0.1) is 22.9 Å². The van der Waals surface area contributed by atoms with Gasteiger partial charge in [-0.1, -0.05) is 6.42 Å². The molecule has 0 saturated heterocycles. The number of benzene rings is 1. The van der Waals surface area contributed by atoms with Gasteiger partial charge in [-0.15, -0.1) is 0 Å². The third kappa shape index (κ3) is 4.27. The van der Waals surface area contributed by atoms with E-state index in [0.717, 1.165) is 31.3 Å². The van der Waals surface area contributed by atoms with Gasteiger partial charge in [0, 0.05) is 12.2 Å². The van der Waals surface area contributed by atoms with Crippen LogP contribution in [-0.2, 0) is 0 Å². The predicted molar refractivity (Wildman–Crippen MR) is 127 cm³/mol. The molecular weight excluding hydrogens is 455 g/mol. The van der Waals surface area contributed by atoms with E-state index in [1.807, 2.05) is 4.57 Å². The number of nitrogens with zero attached hydrogens (tertiary/aromatic N) is 5. The van der Waals surface area contributed by atoms with E-state index in [1.54, 1.807) is 6.07 Å². The van der Waals surface area contributed by atoms with E-state index < -0.39 is 17.5 Å². The van der Waals surface area contributed by atoms with Crippen molar-refractivity contribution in [1.29, 1.82) is 5.41 Å². The highest BCUT2D eigenvalue weighted by atomic mass is 19.1. The average molecular weight is 477 g/mol. The van der Waals surface area contributed by atoms with Gasteiger partial charge in [-0.3, -0.25) is 10.4 Å². The average Bonchev–Trinajstić information content (AvgIpc) is 3.24. The number of aliphatic imine (C=N–C) groups is 1. The second kappa shape index (κ2) is 9.28. The summed E-state index contributed by atoms with van der Waals surface area (Å²) >= 11 is 0. The Morgan fingerprint density at radius 1 is 1.11 bits per heavy atom. The number of nitrogens with two attached hydrogens (primary N) is 1. The number of halogens is 3. The van der Waals surface area contributed by atoms with Gasteiger partial charge in [0.2, 0.25) is 0 Å². The summed E-state index contributed by atoms with van der Waals surface area (Å²) < 4.78 is 45.2. The Bertz CT molecular complexity index is 1450. The highest BCUT2D eigenvalue weighted by molar-refractivity contribution is 6.01. The Labute approximate surface area is 199 Å². The minimum atomic E-state index is -0.523. The van der Waals surface area contributed by atoms with Gasteiger partial charge in [0.25, 0.3) is 0 Å². The van der Waals surface area contributed by atoms with Gasteiger partial charge in [0.05, 0.1) is 11.7 Å². The maximum atomic E-state index is 14.8. The van der Waals surface area contributed by atoms with E-state index in [1.165, 1.54) is 30.6 Å². The number of aromatic nitrogens is 4. The van der Waals surface area contributed by atoms with Crippen LogP contribution < -0.4 is 5.73 Å². The summed E-state index contributed by atoms with van der Waals surface area (Å²) in [5.74, 6) is -1.27. The maximum Gasteiger partial charge on any atom is 0.163 e. The largest absolute Gasteiger partial charge is 0.382 e. The Morgan fingerprint density at radius 3 is 2.77 bits per heavy atom. The number of hydrogen-bond donors (Lipinski definition) is 2. The molecule has 3 aromatic heterocycles. The Balaban J connectivity index is 1.66. The number of fused-ring (bicyclic) bond motifs is 1. The lowest BCUT2D eigenvalue weighted by Crippen LogP contribution is -2.20. The zero-order valence-electron chi connectivity index (χ0n) is 18.6. The van der Waals surface area contributed by atoms with Crippen molar-refractivity contribution in [2.24, 2.45) is 10.7 Å². The lowest BCUT2D eigenvalue weighted by atomic mass is 9.81. The van der Waals surface area contributed by atoms with Crippen LogP contribution in [-0.4, -0.2) is 31.7 Å². The second-order valence-corrected chi connectivity index (χ2v) is 8.52. The minimum absolute atomic E-state index is 0.0589. The molecule has 1 fully saturated rings. The fourth-order valence-corrected chi connectivity index (χ4v) is 4.87. The van der Waals surface area contributed by atoms with E-state index in [0.29, 0.717) is 41.0 Å². The molecule has 0 amide bonds. The molecule has 7 nitrogen and oxygen atoms in total. The molecule has 1 aliphatic carbocycles. The van der Waals surface area contributed by atoms with Gasteiger partial charge in [-0.05, 0) is 67.1 Å². The van der Waals surface area contributed by atoms with Gasteiger partial charge in [-0.25, -0.2) is 28.1 Å². The molecule has 2 unspecified atom stereocenters. The van der Waals surface area contributed by atoms with E-state index in [2.05, 4.69) is 19.9 Å². The molecule has 3 heterocycles. The molecule has 0 radical (unpaired) electrons. The summed E-state index contributed by atoms with van der Waals surface area (Å²) in [6.07, 6.45) is 6.56. The molecule has 178 valence electrons. The van der Waals surface area contributed by atoms with E-state index >= 15 is 0 Å². The molecule has 2 atom stereocenters. The van der Waals surface area contributed by atoms with E-state index in [-0.39, 0.29) is 23.5 Å². The third-order valence-corrected chi connectivity index (χ3v) is 6.42. The van der Waals surface area contributed by atoms with Crippen molar-refractivity contribution in [3.63, 3.8) is 0 Å². The fourth-order valence-electron chi connectivity index (χ4n) is 4.87. The van der Waals surface area contributed by atoms with Crippen LogP contribution in [0.15, 0.2) is 53.8 Å². The first-order valence-electron chi connectivity index (χ1n) is 11.2. The summed E-state index contributed by atoms with van der Waals surface area (Å²) in [7, 11) is 0. The molecule has 10 heteroatoms. The van der Waals surface area contributed by atoms with Crippen LogP contribution in [0.1, 0.15) is 48.9 Å². The van der Waals surface area contributed by atoms with Gasteiger partial charge >= 0.3 is 0 Å². The van der Waals surface area contributed by atoms with Crippen molar-refractivity contribution < 1.29 is 13.2 Å². The standard InChI is InChI=1S/C25H22F3N7/c26-15-6-7-18(27)17(10-15)14-3-1-4-16(9-14)35-22-11-20(24(30)33-13-29)32-12-21(22)34-25(35)23-19(28)5-2-8-31-23/h2,5-8,10-14,16H,1,3-4,9H2,(H3,29,30,33). The number of rotatable bonds is 5. The van der Waals surface area contributed by atoms with Crippen molar-refractivity contribution in [3.8, 4) is 11.5 Å². The Morgan fingerprint density at radius 2 is 1.97 bits per heavy atom. The molecule has 1 aliphatic rings. The monoisotopic (exact) mass is 477 g/mol. The molecule has 35 heavy (non-hydrogen) atoms. The first kappa shape index (κ1) is 22.7. The van der Waals surface area contributed by atoms with Crippen molar-refractivity contribution in [1.82, 2.24) is 19.5 Å². The molecule has 1 saturated carbocycles. The quantitative estimate of drug-likeness (QED) is 0.307. The molecule has 5 rings (SSSR count). The van der Waals surface area contributed by atoms with Crippen LogP contribution in [0.2, 0.25) is 0 Å². The van der Waals surface area contributed by atoms with Crippen molar-refractivity contribution in [3.05, 3.63) is 77.5 Å². The van der Waals surface area contributed by atoms with Gasteiger partial charge in [-0.2, -0.15) is 0 Å². The highest BCUT2D eigenvalue weighted by Crippen LogP contribution is 2.42. The van der Waals surface area contributed by atoms with Crippen LogP contribution in [0.5, 0.6) is 0 Å². The maximum absolute atomic E-state index is 14.8. The third-order valence-electron chi connectivity index (χ3n) is 6.42. The Kier molecular flexibility index (Phi) is 6.02. The van der Waals surface area contributed by atoms with E-state index in [4.69, 9.17) is 11.1 Å². The Hall–Kier alpha value is -4.08. The highest BCUT2D eigenvalue weighted by Gasteiger charge is 2.30. The number of nitrogens with one attached hydrogen (secondary N) is 1. The zero-order chi connectivity index (χ0) is 24.5. The van der Waals surface area contributed by atoms with Gasteiger partial charge in [0.1, 0.15) is 34.9 Å². The molecule has 0 spiro atoms. The number of hydrogen-bond acceptors (Lipinski definition) is 4. The van der Waals surface area contributed by atoms with Gasteiger partial charge in [0.15, 0.2) is 17.5 Å². The van der Waals surface area contributed by atoms with Crippen molar-refractivity contribution >= 4 is 23.2 Å². The topological polar surface area (TPSA) is 106 Å². The first-order chi connectivity index (χ1) is 17.0. The molecule has 0 aliphatic heterocycles. The van der Waals surface area contributed by atoms with Crippen molar-refractivity contribution in [2.75, 3.05) is 0 Å². The summed E-state index contributed by atoms with van der Waals surface area (Å²) in [5, 5.41) is 7.18. The molecular formula is C25H22F3N7. The summed E-state index contributed by atoms with van der Waals surface area (Å²) in [6.45, 7) is 0. The molecule has 0 bridgehead atoms. The normalized spacial score (nSPS) is 18.7. The number of pyridine rings is 2. The SMILES string of the molecule is N=CN=C(N)c1cc2c(cn1)nc(-c1ncccc1F)n2C1CCCC(c2cc(F)ccc2F)C1. The van der Waals surface area contributed by atoms with Gasteiger partial charge < -0.3 is 10.3 Å².